The molecule has 26 heavy (non-hydrogen) atoms. The predicted octanol–water partition coefficient (Wildman–Crippen LogP) is 1.98. The second kappa shape index (κ2) is 9.70. The van der Waals surface area contributed by atoms with E-state index in [1.165, 1.54) is 6.07 Å². The summed E-state index contributed by atoms with van der Waals surface area (Å²) in [7, 11) is 1.72. The molecule has 2 atom stereocenters. The van der Waals surface area contributed by atoms with Gasteiger partial charge in [-0.25, -0.2) is 14.1 Å². The van der Waals surface area contributed by atoms with Gasteiger partial charge in [0.25, 0.3) is 0 Å². The zero-order valence-corrected chi connectivity index (χ0v) is 17.2. The van der Waals surface area contributed by atoms with Crippen LogP contribution in [0.4, 0.5) is 4.39 Å². The molecule has 0 saturated heterocycles. The molecule has 7 nitrogen and oxygen atoms in total. The van der Waals surface area contributed by atoms with Gasteiger partial charge in [-0.05, 0) is 25.5 Å². The van der Waals surface area contributed by atoms with Gasteiger partial charge in [0.1, 0.15) is 18.3 Å². The molecule has 0 amide bonds. The van der Waals surface area contributed by atoms with Crippen LogP contribution < -0.4 is 15.4 Å². The molecule has 3 rings (SSSR count). The summed E-state index contributed by atoms with van der Waals surface area (Å²) < 4.78 is 21.2. The monoisotopic (exact) mass is 474 g/mol. The van der Waals surface area contributed by atoms with E-state index in [4.69, 9.17) is 4.74 Å². The Morgan fingerprint density at radius 3 is 3.04 bits per heavy atom. The summed E-state index contributed by atoms with van der Waals surface area (Å²) in [6.45, 7) is 3.15. The van der Waals surface area contributed by atoms with E-state index in [1.807, 2.05) is 11.6 Å². The second-order valence-electron chi connectivity index (χ2n) is 6.05. The topological polar surface area (TPSA) is 76.4 Å². The summed E-state index contributed by atoms with van der Waals surface area (Å²) >= 11 is 0. The Morgan fingerprint density at radius 1 is 1.46 bits per heavy atom. The molecule has 1 aliphatic rings. The number of aryl methyl sites for hydroxylation is 1. The standard InChI is InChI=1S/C17H23FN6O.HI/c1-12(25-15-6-4-3-5-14(15)18)9-20-17(19-2)23-13-7-8-16-21-11-22-24(16)10-13;/h3-6,11-13H,7-10H2,1-2H3,(H2,19,20,23);1H. The van der Waals surface area contributed by atoms with Gasteiger partial charge in [-0.15, -0.1) is 24.0 Å². The van der Waals surface area contributed by atoms with Gasteiger partial charge < -0.3 is 15.4 Å². The van der Waals surface area contributed by atoms with Crippen LogP contribution in [0.5, 0.6) is 5.75 Å². The van der Waals surface area contributed by atoms with E-state index in [0.717, 1.165) is 25.2 Å². The van der Waals surface area contributed by atoms with Crippen molar-refractivity contribution in [3.05, 3.63) is 42.2 Å². The highest BCUT2D eigenvalue weighted by Gasteiger charge is 2.20. The molecular weight excluding hydrogens is 450 g/mol. The molecule has 2 aromatic rings. The number of nitrogens with zero attached hydrogens (tertiary/aromatic N) is 4. The Kier molecular flexibility index (Phi) is 7.61. The lowest BCUT2D eigenvalue weighted by molar-refractivity contribution is 0.213. The summed E-state index contributed by atoms with van der Waals surface area (Å²) in [5, 5.41) is 10.8. The number of rotatable bonds is 5. The van der Waals surface area contributed by atoms with Gasteiger partial charge in [-0.1, -0.05) is 12.1 Å². The highest BCUT2D eigenvalue weighted by molar-refractivity contribution is 14.0. The molecule has 0 spiro atoms. The van der Waals surface area contributed by atoms with E-state index in [2.05, 4.69) is 25.7 Å². The minimum atomic E-state index is -0.359. The first kappa shape index (κ1) is 20.4. The number of aromatic nitrogens is 3. The molecular formula is C17H24FIN6O. The number of nitrogens with one attached hydrogen (secondary N) is 2. The predicted molar refractivity (Wildman–Crippen MR) is 109 cm³/mol. The number of halogens is 2. The van der Waals surface area contributed by atoms with Gasteiger partial charge in [0, 0.05) is 19.5 Å². The van der Waals surface area contributed by atoms with Crippen molar-refractivity contribution in [2.24, 2.45) is 4.99 Å². The van der Waals surface area contributed by atoms with Crippen LogP contribution in [0.2, 0.25) is 0 Å². The van der Waals surface area contributed by atoms with Crippen molar-refractivity contribution >= 4 is 29.9 Å². The number of benzene rings is 1. The molecule has 2 N–H and O–H groups in total. The maximum Gasteiger partial charge on any atom is 0.191 e. The van der Waals surface area contributed by atoms with Crippen molar-refractivity contribution in [2.75, 3.05) is 13.6 Å². The van der Waals surface area contributed by atoms with E-state index in [9.17, 15) is 4.39 Å². The Labute approximate surface area is 169 Å². The lowest BCUT2D eigenvalue weighted by atomic mass is 10.1. The average molecular weight is 474 g/mol. The van der Waals surface area contributed by atoms with Crippen LogP contribution in [0.25, 0.3) is 0 Å². The van der Waals surface area contributed by atoms with Gasteiger partial charge in [0.2, 0.25) is 0 Å². The van der Waals surface area contributed by atoms with Crippen molar-refractivity contribution < 1.29 is 9.13 Å². The molecule has 0 aliphatic carbocycles. The molecule has 2 heterocycles. The molecule has 1 aromatic carbocycles. The molecule has 0 fully saturated rings. The summed E-state index contributed by atoms with van der Waals surface area (Å²) in [5.41, 5.74) is 0. The van der Waals surface area contributed by atoms with Crippen molar-refractivity contribution in [2.45, 2.75) is 38.5 Å². The van der Waals surface area contributed by atoms with Gasteiger partial charge in [-0.2, -0.15) is 5.10 Å². The second-order valence-corrected chi connectivity index (χ2v) is 6.05. The van der Waals surface area contributed by atoms with Crippen LogP contribution in [0, 0.1) is 5.82 Å². The summed E-state index contributed by atoms with van der Waals surface area (Å²) in [6, 6.07) is 6.64. The number of hydrogen-bond acceptors (Lipinski definition) is 4. The number of para-hydroxylation sites is 1. The van der Waals surface area contributed by atoms with E-state index >= 15 is 0 Å². The van der Waals surface area contributed by atoms with Crippen molar-refractivity contribution in [1.82, 2.24) is 25.4 Å². The van der Waals surface area contributed by atoms with Crippen LogP contribution in [0.3, 0.4) is 0 Å². The van der Waals surface area contributed by atoms with Crippen LogP contribution >= 0.6 is 24.0 Å². The number of hydrogen-bond donors (Lipinski definition) is 2. The number of fused-ring (bicyclic) bond motifs is 1. The number of ether oxygens (including phenoxy) is 1. The minimum Gasteiger partial charge on any atom is -0.486 e. The first-order valence-electron chi connectivity index (χ1n) is 8.40. The molecule has 0 radical (unpaired) electrons. The average Bonchev–Trinajstić information content (AvgIpc) is 3.08. The quantitative estimate of drug-likeness (QED) is 0.394. The Bertz CT molecular complexity index is 738. The fraction of sp³-hybridized carbons (Fsp3) is 0.471. The van der Waals surface area contributed by atoms with Crippen LogP contribution in [-0.2, 0) is 13.0 Å². The lowest BCUT2D eigenvalue weighted by Gasteiger charge is -2.26. The largest absolute Gasteiger partial charge is 0.486 e. The van der Waals surface area contributed by atoms with E-state index in [0.29, 0.717) is 12.5 Å². The van der Waals surface area contributed by atoms with Gasteiger partial charge >= 0.3 is 0 Å². The van der Waals surface area contributed by atoms with Crippen molar-refractivity contribution in [3.63, 3.8) is 0 Å². The third kappa shape index (κ3) is 5.29. The molecule has 1 aromatic heterocycles. The fourth-order valence-corrected chi connectivity index (χ4v) is 2.78. The maximum atomic E-state index is 13.6. The summed E-state index contributed by atoms with van der Waals surface area (Å²) in [6.07, 6.45) is 3.25. The smallest absolute Gasteiger partial charge is 0.191 e. The normalized spacial score (nSPS) is 17.7. The molecule has 0 saturated carbocycles. The van der Waals surface area contributed by atoms with Gasteiger partial charge in [0.05, 0.1) is 13.1 Å². The summed E-state index contributed by atoms with van der Waals surface area (Å²) in [4.78, 5) is 8.47. The van der Waals surface area contributed by atoms with Crippen LogP contribution in [0.1, 0.15) is 19.2 Å². The Hall–Kier alpha value is -1.91. The molecule has 9 heteroatoms. The highest BCUT2D eigenvalue weighted by atomic mass is 127. The Morgan fingerprint density at radius 2 is 2.27 bits per heavy atom. The lowest BCUT2D eigenvalue weighted by Crippen LogP contribution is -2.48. The SMILES string of the molecule is CN=C(NCC(C)Oc1ccccc1F)NC1CCc2ncnn2C1.I. The molecule has 2 unspecified atom stereocenters. The van der Waals surface area contributed by atoms with Crippen molar-refractivity contribution in [3.8, 4) is 5.75 Å². The fourth-order valence-electron chi connectivity index (χ4n) is 2.78. The van der Waals surface area contributed by atoms with E-state index in [1.54, 1.807) is 31.6 Å². The summed E-state index contributed by atoms with van der Waals surface area (Å²) in [5.74, 6) is 1.61. The highest BCUT2D eigenvalue weighted by Crippen LogP contribution is 2.16. The minimum absolute atomic E-state index is 0. The zero-order chi connectivity index (χ0) is 17.6. The molecule has 0 bridgehead atoms. The zero-order valence-electron chi connectivity index (χ0n) is 14.9. The van der Waals surface area contributed by atoms with Crippen LogP contribution in [-0.4, -0.2) is 46.5 Å². The first-order valence-corrected chi connectivity index (χ1v) is 8.40. The molecule has 142 valence electrons. The van der Waals surface area contributed by atoms with Crippen molar-refractivity contribution in [1.29, 1.82) is 0 Å². The Balaban J connectivity index is 0.00000243. The third-order valence-electron chi connectivity index (χ3n) is 4.09. The number of guanidine groups is 1. The van der Waals surface area contributed by atoms with E-state index in [-0.39, 0.29) is 47.7 Å². The van der Waals surface area contributed by atoms with Gasteiger partial charge in [0.15, 0.2) is 17.5 Å². The van der Waals surface area contributed by atoms with E-state index < -0.39 is 0 Å². The molecule has 1 aliphatic heterocycles. The third-order valence-corrected chi connectivity index (χ3v) is 4.09. The first-order chi connectivity index (χ1) is 12.2. The maximum absolute atomic E-state index is 13.6. The van der Waals surface area contributed by atoms with Crippen LogP contribution in [0.15, 0.2) is 35.6 Å². The van der Waals surface area contributed by atoms with Gasteiger partial charge in [-0.3, -0.25) is 4.99 Å². The number of aliphatic imine (C=N–C) groups is 1.